The van der Waals surface area contributed by atoms with Crippen molar-refractivity contribution in [2.75, 3.05) is 0 Å². The Kier molecular flexibility index (Phi) is 0.353. The van der Waals surface area contributed by atoms with Crippen LogP contribution in [0.15, 0.2) is 0 Å². The van der Waals surface area contributed by atoms with Crippen molar-refractivity contribution in [2.45, 2.75) is 44.8 Å². The molecule has 0 radical (unpaired) electrons. The van der Waals surface area contributed by atoms with Gasteiger partial charge in [-0.1, -0.05) is 19.1 Å². The minimum Gasteiger partial charge on any atom is -0.393 e. The van der Waals surface area contributed by atoms with E-state index in [1.807, 2.05) is 0 Å². The van der Waals surface area contributed by atoms with Crippen molar-refractivity contribution in [1.82, 2.24) is 0 Å². The van der Waals surface area contributed by atoms with Gasteiger partial charge in [-0.25, -0.2) is 0 Å². The summed E-state index contributed by atoms with van der Waals surface area (Å²) in [6.07, 6.45) is -24.2. The summed E-state index contributed by atoms with van der Waals surface area (Å²) in [5.74, 6) is -4.24. The molecule has 1 atom stereocenters. The van der Waals surface area contributed by atoms with Crippen LogP contribution in [-0.4, -0.2) is 11.2 Å². The zero-order valence-corrected chi connectivity index (χ0v) is 4.45. The number of aliphatic hydroxyl groups is 1. The summed E-state index contributed by atoms with van der Waals surface area (Å²) >= 11 is 0. The summed E-state index contributed by atoms with van der Waals surface area (Å²) in [7, 11) is 0. The molecule has 9 heavy (non-hydrogen) atoms. The van der Waals surface area contributed by atoms with Gasteiger partial charge in [-0.05, 0) is 25.5 Å². The number of hydrogen-bond acceptors (Lipinski definition) is 1. The van der Waals surface area contributed by atoms with Crippen molar-refractivity contribution in [2.24, 2.45) is 5.89 Å². The molecule has 1 N–H and O–H groups in total. The molecule has 0 spiro atoms. The van der Waals surface area contributed by atoms with Gasteiger partial charge in [0.2, 0.25) is 0 Å². The van der Waals surface area contributed by atoms with E-state index in [0.717, 1.165) is 0 Å². The molecule has 0 aromatic heterocycles. The van der Waals surface area contributed by atoms with Crippen LogP contribution in [0.25, 0.3) is 0 Å². The van der Waals surface area contributed by atoms with E-state index in [2.05, 4.69) is 0 Å². The lowest BCUT2D eigenvalue weighted by Gasteiger charge is -2.23. The number of hydrogen-bond donors (Lipinski definition) is 1. The average molecular weight is 143 g/mol. The van der Waals surface area contributed by atoms with Gasteiger partial charge in [0.15, 0.2) is 0 Å². The third-order valence-electron chi connectivity index (χ3n) is 0.737. The summed E-state index contributed by atoms with van der Waals surface area (Å²) < 4.78 is 113. The van der Waals surface area contributed by atoms with Crippen LogP contribution in [-0.2, 0) is 0 Å². The molecule has 1 aliphatic carbocycles. The fourth-order valence-electron chi connectivity index (χ4n) is 0.368. The Morgan fingerprint density at radius 2 is 2.44 bits per heavy atom. The predicted octanol–water partition coefficient (Wildman–Crippen LogP) is 1.95. The second-order valence-corrected chi connectivity index (χ2v) is 1.35. The first kappa shape index (κ1) is 0.989. The van der Waals surface area contributed by atoms with E-state index < -0.39 is 50.7 Å². The van der Waals surface area contributed by atoms with Gasteiger partial charge in [-0.15, -0.1) is 0 Å². The Labute approximate surface area is 78.2 Å². The molecule has 0 bridgehead atoms. The van der Waals surface area contributed by atoms with E-state index in [4.69, 9.17) is 20.6 Å². The molecule has 1 rings (SSSR count). The SMILES string of the molecule is [2H]C([2H])([2H])C([2H])(O)C1([2H])C([2H])([2H])C([2H])([2H])C([2H])([2H])C([2H])([2H])C1([2H])[2H]. The van der Waals surface area contributed by atoms with Crippen LogP contribution in [0.3, 0.4) is 0 Å². The smallest absolute Gasteiger partial charge is 0.0600 e. The van der Waals surface area contributed by atoms with Crippen LogP contribution in [0.5, 0.6) is 0 Å². The second-order valence-electron chi connectivity index (χ2n) is 1.35. The molecule has 0 saturated heterocycles. The average Bonchev–Trinajstić information content (AvgIpc) is 2.33. The summed E-state index contributed by atoms with van der Waals surface area (Å²) in [5, 5.41) is 10.0. The van der Waals surface area contributed by atoms with Gasteiger partial charge in [-0.3, -0.25) is 0 Å². The monoisotopic (exact) mass is 143 g/mol. The largest absolute Gasteiger partial charge is 0.393 e. The molecule has 0 aliphatic heterocycles. The normalized spacial score (nSPS) is 87.0. The van der Waals surface area contributed by atoms with E-state index in [1.165, 1.54) is 0 Å². The third kappa shape index (κ3) is 1.98. The fraction of sp³-hybridized carbons (Fsp3) is 1.00. The van der Waals surface area contributed by atoms with Crippen LogP contribution >= 0.6 is 0 Å². The van der Waals surface area contributed by atoms with Crippen LogP contribution in [0.1, 0.15) is 59.3 Å². The van der Waals surface area contributed by atoms with Gasteiger partial charge in [0.25, 0.3) is 0 Å². The Morgan fingerprint density at radius 1 is 1.78 bits per heavy atom. The zero-order valence-electron chi connectivity index (χ0n) is 19.4. The maximum atomic E-state index is 10.0. The third-order valence-corrected chi connectivity index (χ3v) is 0.737. The van der Waals surface area contributed by atoms with Gasteiger partial charge in [0, 0.05) is 19.2 Å². The molecule has 0 aromatic carbocycles. The summed E-state index contributed by atoms with van der Waals surface area (Å²) in [6, 6.07) is 0. The molecular weight excluding hydrogens is 112 g/mol. The van der Waals surface area contributed by atoms with Gasteiger partial charge >= 0.3 is 0 Å². The first-order chi connectivity index (χ1) is 10.0. The highest BCUT2D eigenvalue weighted by Crippen LogP contribution is 2.25. The Morgan fingerprint density at radius 3 is 3.00 bits per heavy atom. The zero-order chi connectivity index (χ0) is 20.0. The molecule has 1 heteroatoms. The molecule has 1 saturated carbocycles. The molecular formula is C8H16O. The van der Waals surface area contributed by atoms with Crippen LogP contribution in [0.4, 0.5) is 0 Å². The summed E-state index contributed by atoms with van der Waals surface area (Å²) in [6.45, 7) is -3.91. The lowest BCUT2D eigenvalue weighted by atomic mass is 9.86. The minimum atomic E-state index is -4.29. The van der Waals surface area contributed by atoms with Gasteiger partial charge < -0.3 is 5.11 Å². The van der Waals surface area contributed by atoms with Gasteiger partial charge in [0.1, 0.15) is 0 Å². The standard InChI is InChI=1S/C8H16O/c1-7(9)8-5-3-2-4-6-8/h7-9H,2-6H2,1H3/i1D3,2D2,3D2,4D2,5D2,6D2,7D,8D. The van der Waals surface area contributed by atoms with Crippen molar-refractivity contribution in [3.63, 3.8) is 0 Å². The van der Waals surface area contributed by atoms with Crippen molar-refractivity contribution in [3.05, 3.63) is 0 Å². The van der Waals surface area contributed by atoms with Crippen molar-refractivity contribution in [1.29, 1.82) is 0 Å². The fourth-order valence-corrected chi connectivity index (χ4v) is 0.368. The Hall–Kier alpha value is -0.0400. The van der Waals surface area contributed by atoms with Gasteiger partial charge in [-0.2, -0.15) is 0 Å². The molecule has 1 unspecified atom stereocenters. The lowest BCUT2D eigenvalue weighted by Crippen LogP contribution is -2.19. The van der Waals surface area contributed by atoms with E-state index in [-0.39, 0.29) is 0 Å². The molecule has 1 fully saturated rings. The van der Waals surface area contributed by atoms with E-state index in [1.54, 1.807) is 0 Å². The summed E-state index contributed by atoms with van der Waals surface area (Å²) in [5.41, 5.74) is 0. The van der Waals surface area contributed by atoms with Crippen LogP contribution in [0.2, 0.25) is 0 Å². The van der Waals surface area contributed by atoms with Crippen LogP contribution in [0, 0.1) is 5.89 Å². The first-order valence-electron chi connectivity index (χ1n) is 9.72. The Balaban J connectivity index is 4.04. The van der Waals surface area contributed by atoms with Crippen molar-refractivity contribution >= 4 is 0 Å². The topological polar surface area (TPSA) is 20.2 Å². The maximum absolute atomic E-state index is 10.0. The molecule has 1 aliphatic rings. The van der Waals surface area contributed by atoms with Crippen LogP contribution < -0.4 is 0 Å². The van der Waals surface area contributed by atoms with E-state index in [0.29, 0.717) is 0 Å². The lowest BCUT2D eigenvalue weighted by molar-refractivity contribution is 0.101. The minimum absolute atomic E-state index is 3.84. The second kappa shape index (κ2) is 3.21. The van der Waals surface area contributed by atoms with Gasteiger partial charge in [0.05, 0.1) is 7.45 Å². The van der Waals surface area contributed by atoms with Crippen molar-refractivity contribution < 1.29 is 25.7 Å². The highest BCUT2D eigenvalue weighted by atomic mass is 16.3. The highest BCUT2D eigenvalue weighted by Gasteiger charge is 2.17. The first-order valence-corrected chi connectivity index (χ1v) is 2.22. The number of rotatable bonds is 1. The molecule has 1 nitrogen and oxygen atoms in total. The van der Waals surface area contributed by atoms with Crippen molar-refractivity contribution in [3.8, 4) is 0 Å². The Bertz CT molecular complexity index is 498. The molecule has 0 aromatic rings. The maximum Gasteiger partial charge on any atom is 0.0600 e. The predicted molar refractivity (Wildman–Crippen MR) is 38.3 cm³/mol. The summed E-state index contributed by atoms with van der Waals surface area (Å²) in [4.78, 5) is 0. The quantitative estimate of drug-likeness (QED) is 0.595. The van der Waals surface area contributed by atoms with E-state index in [9.17, 15) is 5.11 Å². The van der Waals surface area contributed by atoms with E-state index >= 15 is 0 Å². The highest BCUT2D eigenvalue weighted by molar-refractivity contribution is 4.69. The molecule has 54 valence electrons. The molecule has 0 heterocycles. The molecule has 0 amide bonds.